The van der Waals surface area contributed by atoms with Gasteiger partial charge < -0.3 is 19.5 Å². The molecule has 2 aromatic heterocycles. The molecule has 0 radical (unpaired) electrons. The summed E-state index contributed by atoms with van der Waals surface area (Å²) >= 11 is 6.32. The summed E-state index contributed by atoms with van der Waals surface area (Å²) in [6, 6.07) is 18.7. The molecule has 172 valence electrons. The van der Waals surface area contributed by atoms with E-state index in [-0.39, 0.29) is 16.9 Å². The van der Waals surface area contributed by atoms with Crippen LogP contribution in [0.25, 0.3) is 22.0 Å². The largest absolute Gasteiger partial charge is 0.465 e. The summed E-state index contributed by atoms with van der Waals surface area (Å²) < 4.78 is 1.54. The van der Waals surface area contributed by atoms with Crippen molar-refractivity contribution in [1.29, 1.82) is 0 Å². The third-order valence-corrected chi connectivity index (χ3v) is 6.34. The minimum Gasteiger partial charge on any atom is -0.465 e. The Hall–Kier alpha value is -3.91. The first kappa shape index (κ1) is 21.9. The van der Waals surface area contributed by atoms with Crippen LogP contribution in [0, 0.1) is 0 Å². The highest BCUT2D eigenvalue weighted by Gasteiger charge is 2.32. The van der Waals surface area contributed by atoms with Gasteiger partial charge in [-0.05, 0) is 46.5 Å². The van der Waals surface area contributed by atoms with Gasteiger partial charge in [-0.1, -0.05) is 36.4 Å². The molecule has 1 unspecified atom stereocenters. The first-order chi connectivity index (χ1) is 16.4. The van der Waals surface area contributed by atoms with Crippen molar-refractivity contribution in [1.82, 2.24) is 19.4 Å². The fraction of sp³-hybridized carbons (Fsp3) is 0.200. The van der Waals surface area contributed by atoms with Crippen LogP contribution in [0.1, 0.15) is 11.6 Å². The predicted molar refractivity (Wildman–Crippen MR) is 131 cm³/mol. The predicted octanol–water partition coefficient (Wildman–Crippen LogP) is 4.19. The molecule has 1 fully saturated rings. The van der Waals surface area contributed by atoms with E-state index in [1.165, 1.54) is 15.5 Å². The number of amides is 1. The summed E-state index contributed by atoms with van der Waals surface area (Å²) in [6.07, 6.45) is 0.848. The molecule has 9 heteroatoms. The highest BCUT2D eigenvalue weighted by atomic mass is 35.5. The lowest BCUT2D eigenvalue weighted by Crippen LogP contribution is -2.50. The van der Waals surface area contributed by atoms with Crippen LogP contribution >= 0.6 is 11.6 Å². The molecule has 2 aromatic carbocycles. The summed E-state index contributed by atoms with van der Waals surface area (Å²) in [5.41, 5.74) is 3.40. The Morgan fingerprint density at radius 3 is 2.53 bits per heavy atom. The van der Waals surface area contributed by atoms with Crippen LogP contribution in [-0.2, 0) is 7.05 Å². The maximum absolute atomic E-state index is 11.8. The quantitative estimate of drug-likeness (QED) is 0.447. The Morgan fingerprint density at radius 2 is 1.79 bits per heavy atom. The van der Waals surface area contributed by atoms with E-state index in [4.69, 9.17) is 11.6 Å². The van der Waals surface area contributed by atoms with Crippen molar-refractivity contribution in [2.75, 3.05) is 24.5 Å². The lowest BCUT2D eigenvalue weighted by Gasteiger charge is -2.41. The molecule has 34 heavy (non-hydrogen) atoms. The molecule has 5 rings (SSSR count). The normalized spacial score (nSPS) is 16.1. The zero-order valence-electron chi connectivity index (χ0n) is 18.4. The summed E-state index contributed by atoms with van der Waals surface area (Å²) in [6.45, 7) is 1.11. The molecule has 0 bridgehead atoms. The fourth-order valence-corrected chi connectivity index (χ4v) is 4.59. The van der Waals surface area contributed by atoms with Crippen molar-refractivity contribution in [3.63, 3.8) is 0 Å². The molecule has 0 spiro atoms. The van der Waals surface area contributed by atoms with Gasteiger partial charge in [0.2, 0.25) is 10.8 Å². The third-order valence-electron chi connectivity index (χ3n) is 6.17. The molecule has 4 aromatic rings. The lowest BCUT2D eigenvalue weighted by molar-refractivity contribution is 0.134. The Bertz CT molecular complexity index is 1440. The van der Waals surface area contributed by atoms with Gasteiger partial charge in [0.05, 0.1) is 11.6 Å². The Balaban J connectivity index is 1.65. The summed E-state index contributed by atoms with van der Waals surface area (Å²) in [7, 11) is 1.72. The lowest BCUT2D eigenvalue weighted by atomic mass is 10.0. The van der Waals surface area contributed by atoms with Crippen LogP contribution in [0.2, 0.25) is 5.28 Å². The first-order valence-electron chi connectivity index (χ1n) is 10.8. The van der Waals surface area contributed by atoms with Crippen molar-refractivity contribution < 1.29 is 9.90 Å². The third kappa shape index (κ3) is 4.08. The van der Waals surface area contributed by atoms with Gasteiger partial charge >= 0.3 is 6.09 Å². The van der Waals surface area contributed by atoms with Crippen molar-refractivity contribution in [3.05, 3.63) is 88.1 Å². The summed E-state index contributed by atoms with van der Waals surface area (Å²) in [5, 5.41) is 10.6. The molecular weight excluding hydrogens is 454 g/mol. The molecule has 1 saturated heterocycles. The van der Waals surface area contributed by atoms with E-state index < -0.39 is 6.09 Å². The van der Waals surface area contributed by atoms with Crippen LogP contribution in [0.4, 0.5) is 10.6 Å². The van der Waals surface area contributed by atoms with E-state index in [0.29, 0.717) is 31.0 Å². The standard InChI is InChI=1S/C25H22ClN5O3/c1-29-14-18(8-10-22(29)32)17-7-9-20-19(13-17)23(28-24(26)27-20)31-12-11-30(25(33)34)15-21(31)16-5-3-2-4-6-16/h2-10,13-14,21H,11-12,15H2,1H3,(H,33,34). The maximum Gasteiger partial charge on any atom is 0.407 e. The van der Waals surface area contributed by atoms with Crippen LogP contribution < -0.4 is 10.5 Å². The second-order valence-corrected chi connectivity index (χ2v) is 8.60. The number of carboxylic acid groups (broad SMARTS) is 1. The number of hydrogen-bond donors (Lipinski definition) is 1. The first-order valence-corrected chi connectivity index (χ1v) is 11.2. The van der Waals surface area contributed by atoms with Gasteiger partial charge in [-0.15, -0.1) is 0 Å². The monoisotopic (exact) mass is 475 g/mol. The van der Waals surface area contributed by atoms with E-state index >= 15 is 0 Å². The molecule has 3 heterocycles. The molecule has 1 amide bonds. The smallest absolute Gasteiger partial charge is 0.407 e. The van der Waals surface area contributed by atoms with Crippen LogP contribution in [0.5, 0.6) is 0 Å². The zero-order chi connectivity index (χ0) is 23.8. The molecule has 1 N–H and O–H groups in total. The number of carbonyl (C=O) groups is 1. The average Bonchev–Trinajstić information content (AvgIpc) is 2.85. The summed E-state index contributed by atoms with van der Waals surface area (Å²) in [4.78, 5) is 36.1. The maximum atomic E-state index is 11.8. The summed E-state index contributed by atoms with van der Waals surface area (Å²) in [5.74, 6) is 0.653. The van der Waals surface area contributed by atoms with Crippen LogP contribution in [-0.4, -0.2) is 50.3 Å². The number of fused-ring (bicyclic) bond motifs is 1. The molecule has 0 aliphatic carbocycles. The highest BCUT2D eigenvalue weighted by Crippen LogP contribution is 2.36. The van der Waals surface area contributed by atoms with E-state index in [1.54, 1.807) is 19.3 Å². The second-order valence-electron chi connectivity index (χ2n) is 8.26. The van der Waals surface area contributed by atoms with Crippen molar-refractivity contribution in [2.24, 2.45) is 7.05 Å². The van der Waals surface area contributed by atoms with Crippen LogP contribution in [0.15, 0.2) is 71.7 Å². The Kier molecular flexibility index (Phi) is 5.67. The number of rotatable bonds is 3. The number of pyridine rings is 1. The minimum absolute atomic E-state index is 0.0812. The van der Waals surface area contributed by atoms with Gasteiger partial charge in [-0.3, -0.25) is 4.79 Å². The van der Waals surface area contributed by atoms with E-state index in [1.807, 2.05) is 48.5 Å². The minimum atomic E-state index is -0.942. The van der Waals surface area contributed by atoms with Gasteiger partial charge in [0.1, 0.15) is 5.82 Å². The van der Waals surface area contributed by atoms with Crippen molar-refractivity contribution in [2.45, 2.75) is 6.04 Å². The number of hydrogen-bond acceptors (Lipinski definition) is 5. The number of benzene rings is 2. The Labute approximate surface area is 200 Å². The topological polar surface area (TPSA) is 91.6 Å². The van der Waals surface area contributed by atoms with Gasteiger partial charge in [0, 0.05) is 44.3 Å². The number of piperazine rings is 1. The van der Waals surface area contributed by atoms with Crippen molar-refractivity contribution >= 4 is 34.4 Å². The van der Waals surface area contributed by atoms with Gasteiger partial charge in [-0.25, -0.2) is 9.78 Å². The van der Waals surface area contributed by atoms with Crippen molar-refractivity contribution in [3.8, 4) is 11.1 Å². The number of halogens is 1. The molecule has 1 aliphatic rings. The Morgan fingerprint density at radius 1 is 1.03 bits per heavy atom. The van der Waals surface area contributed by atoms with Gasteiger partial charge in [0.25, 0.3) is 0 Å². The van der Waals surface area contributed by atoms with Crippen LogP contribution in [0.3, 0.4) is 0 Å². The van der Waals surface area contributed by atoms with E-state index in [2.05, 4.69) is 14.9 Å². The van der Waals surface area contributed by atoms with E-state index in [9.17, 15) is 14.7 Å². The number of nitrogens with zero attached hydrogens (tertiary/aromatic N) is 5. The van der Waals surface area contributed by atoms with Gasteiger partial charge in [0.15, 0.2) is 0 Å². The highest BCUT2D eigenvalue weighted by molar-refractivity contribution is 6.28. The van der Waals surface area contributed by atoms with E-state index in [0.717, 1.165) is 22.1 Å². The number of anilines is 1. The number of aromatic nitrogens is 3. The fourth-order valence-electron chi connectivity index (χ4n) is 4.42. The second kappa shape index (κ2) is 8.79. The molecule has 8 nitrogen and oxygen atoms in total. The number of aryl methyl sites for hydroxylation is 1. The van der Waals surface area contributed by atoms with Gasteiger partial charge in [-0.2, -0.15) is 4.98 Å². The molecular formula is C25H22ClN5O3. The SMILES string of the molecule is Cn1cc(-c2ccc3nc(Cl)nc(N4CCN(C(=O)O)CC4c4ccccc4)c3c2)ccc1=O. The molecule has 0 saturated carbocycles. The molecule has 1 aliphatic heterocycles. The zero-order valence-corrected chi connectivity index (χ0v) is 19.2. The average molecular weight is 476 g/mol. The molecule has 1 atom stereocenters.